The van der Waals surface area contributed by atoms with Crippen molar-refractivity contribution in [2.45, 2.75) is 58.2 Å². The molecule has 0 aromatic rings. The fraction of sp³-hybridized carbons (Fsp3) is 1.00. The minimum Gasteiger partial charge on any atom is -0.394 e. The zero-order chi connectivity index (χ0) is 12.6. The summed E-state index contributed by atoms with van der Waals surface area (Å²) in [5.74, 6) is 1.95. The van der Waals surface area contributed by atoms with Crippen molar-refractivity contribution in [3.8, 4) is 0 Å². The van der Waals surface area contributed by atoms with Crippen molar-refractivity contribution in [3.63, 3.8) is 0 Å². The minimum absolute atomic E-state index is 0.0869. The van der Waals surface area contributed by atoms with E-state index in [-0.39, 0.29) is 12.1 Å². The van der Waals surface area contributed by atoms with Gasteiger partial charge in [-0.2, -0.15) is 11.8 Å². The third-order valence-corrected chi connectivity index (χ3v) is 4.74. The largest absolute Gasteiger partial charge is 0.394 e. The van der Waals surface area contributed by atoms with Gasteiger partial charge in [0.15, 0.2) is 0 Å². The Morgan fingerprint density at radius 3 is 2.38 bits per heavy atom. The first kappa shape index (κ1) is 16.3. The third-order valence-electron chi connectivity index (χ3n) is 3.14. The highest BCUT2D eigenvalue weighted by molar-refractivity contribution is 7.99. The fourth-order valence-electron chi connectivity index (χ4n) is 1.57. The number of hydrogen-bond acceptors (Lipinski definition) is 3. The smallest absolute Gasteiger partial charge is 0.0610 e. The molecule has 0 radical (unpaired) electrons. The van der Waals surface area contributed by atoms with E-state index >= 15 is 0 Å². The Kier molecular flexibility index (Phi) is 8.52. The van der Waals surface area contributed by atoms with Gasteiger partial charge in [-0.05, 0) is 38.0 Å². The summed E-state index contributed by atoms with van der Waals surface area (Å²) in [4.78, 5) is 0. The molecule has 2 atom stereocenters. The standard InChI is InChI=1S/C13H29NOS/c1-6-14-13(5,10-15)8-7-9-16-12(4)11(2)3/h11-12,14-15H,6-10H2,1-5H3. The monoisotopic (exact) mass is 247 g/mol. The second kappa shape index (κ2) is 8.37. The Hall–Kier alpha value is 0.270. The molecule has 0 amide bonds. The molecular weight excluding hydrogens is 218 g/mol. The van der Waals surface area contributed by atoms with E-state index in [1.165, 1.54) is 12.2 Å². The van der Waals surface area contributed by atoms with Gasteiger partial charge in [-0.1, -0.05) is 27.7 Å². The van der Waals surface area contributed by atoms with Crippen molar-refractivity contribution in [1.82, 2.24) is 5.32 Å². The summed E-state index contributed by atoms with van der Waals surface area (Å²) < 4.78 is 0. The molecule has 0 saturated heterocycles. The lowest BCUT2D eigenvalue weighted by molar-refractivity contribution is 0.167. The van der Waals surface area contributed by atoms with Crippen LogP contribution in [0, 0.1) is 5.92 Å². The van der Waals surface area contributed by atoms with E-state index in [0.717, 1.165) is 24.1 Å². The molecule has 3 heteroatoms. The van der Waals surface area contributed by atoms with Crippen molar-refractivity contribution >= 4 is 11.8 Å². The van der Waals surface area contributed by atoms with Gasteiger partial charge in [-0.25, -0.2) is 0 Å². The molecule has 0 heterocycles. The van der Waals surface area contributed by atoms with Gasteiger partial charge in [0.2, 0.25) is 0 Å². The lowest BCUT2D eigenvalue weighted by Crippen LogP contribution is -2.45. The van der Waals surface area contributed by atoms with Gasteiger partial charge >= 0.3 is 0 Å². The Morgan fingerprint density at radius 1 is 1.31 bits per heavy atom. The van der Waals surface area contributed by atoms with Crippen LogP contribution in [-0.4, -0.2) is 34.8 Å². The molecule has 2 nitrogen and oxygen atoms in total. The molecule has 16 heavy (non-hydrogen) atoms. The van der Waals surface area contributed by atoms with Gasteiger partial charge in [0.25, 0.3) is 0 Å². The molecule has 0 saturated carbocycles. The van der Waals surface area contributed by atoms with Crippen LogP contribution in [0.25, 0.3) is 0 Å². The predicted molar refractivity (Wildman–Crippen MR) is 75.2 cm³/mol. The first-order chi connectivity index (χ1) is 7.45. The highest BCUT2D eigenvalue weighted by Crippen LogP contribution is 2.21. The van der Waals surface area contributed by atoms with Crippen molar-refractivity contribution in [2.24, 2.45) is 5.92 Å². The van der Waals surface area contributed by atoms with Crippen LogP contribution in [0.1, 0.15) is 47.5 Å². The maximum absolute atomic E-state index is 9.34. The van der Waals surface area contributed by atoms with Crippen LogP contribution >= 0.6 is 11.8 Å². The van der Waals surface area contributed by atoms with Crippen molar-refractivity contribution in [1.29, 1.82) is 0 Å². The Labute approximate surface area is 106 Å². The van der Waals surface area contributed by atoms with Crippen LogP contribution in [-0.2, 0) is 0 Å². The lowest BCUT2D eigenvalue weighted by Gasteiger charge is -2.28. The number of rotatable bonds is 9. The van der Waals surface area contributed by atoms with Crippen molar-refractivity contribution < 1.29 is 5.11 Å². The van der Waals surface area contributed by atoms with E-state index in [0.29, 0.717) is 0 Å². The summed E-state index contributed by atoms with van der Waals surface area (Å²) in [5, 5.41) is 13.4. The summed E-state index contributed by atoms with van der Waals surface area (Å²) in [6, 6.07) is 0. The van der Waals surface area contributed by atoms with Crippen LogP contribution in [0.3, 0.4) is 0 Å². The highest BCUT2D eigenvalue weighted by atomic mass is 32.2. The van der Waals surface area contributed by atoms with Gasteiger partial charge in [0, 0.05) is 10.8 Å². The van der Waals surface area contributed by atoms with Crippen LogP contribution < -0.4 is 5.32 Å². The molecule has 0 bridgehead atoms. The molecule has 0 aliphatic carbocycles. The number of hydrogen-bond donors (Lipinski definition) is 2. The number of thioether (sulfide) groups is 1. The summed E-state index contributed by atoms with van der Waals surface area (Å²) in [7, 11) is 0. The SMILES string of the molecule is CCNC(C)(CO)CCCSC(C)C(C)C. The van der Waals surface area contributed by atoms with E-state index in [1.807, 2.05) is 11.8 Å². The average molecular weight is 247 g/mol. The van der Waals surface area contributed by atoms with Crippen LogP contribution in [0.15, 0.2) is 0 Å². The van der Waals surface area contributed by atoms with Crippen LogP contribution in [0.2, 0.25) is 0 Å². The first-order valence-electron chi connectivity index (χ1n) is 6.42. The maximum Gasteiger partial charge on any atom is 0.0610 e. The molecule has 0 aliphatic heterocycles. The molecule has 2 N–H and O–H groups in total. The predicted octanol–water partition coefficient (Wildman–Crippen LogP) is 2.90. The molecule has 0 aliphatic rings. The molecule has 98 valence electrons. The van der Waals surface area contributed by atoms with Gasteiger partial charge in [-0.3, -0.25) is 0 Å². The molecule has 0 rings (SSSR count). The third kappa shape index (κ3) is 6.77. The summed E-state index contributed by atoms with van der Waals surface area (Å²) >= 11 is 2.04. The van der Waals surface area contributed by atoms with E-state index < -0.39 is 0 Å². The van der Waals surface area contributed by atoms with Crippen molar-refractivity contribution in [3.05, 3.63) is 0 Å². The van der Waals surface area contributed by atoms with E-state index in [1.54, 1.807) is 0 Å². The molecule has 0 fully saturated rings. The van der Waals surface area contributed by atoms with Crippen molar-refractivity contribution in [2.75, 3.05) is 18.9 Å². The quantitative estimate of drug-likeness (QED) is 0.615. The normalized spacial score (nSPS) is 17.4. The molecule has 0 spiro atoms. The number of aliphatic hydroxyl groups is 1. The second-order valence-electron chi connectivity index (χ2n) is 5.17. The zero-order valence-corrected chi connectivity index (χ0v) is 12.4. The molecule has 0 aromatic heterocycles. The zero-order valence-electron chi connectivity index (χ0n) is 11.5. The Balaban J connectivity index is 3.71. The fourth-order valence-corrected chi connectivity index (χ4v) is 2.64. The molecule has 0 aromatic carbocycles. The molecular formula is C13H29NOS. The minimum atomic E-state index is -0.0869. The van der Waals surface area contributed by atoms with Gasteiger partial charge in [0.05, 0.1) is 6.61 Å². The summed E-state index contributed by atoms with van der Waals surface area (Å²) in [5.41, 5.74) is -0.0869. The topological polar surface area (TPSA) is 32.3 Å². The number of likely N-dealkylation sites (N-methyl/N-ethyl adjacent to an activating group) is 1. The maximum atomic E-state index is 9.34. The van der Waals surface area contributed by atoms with Gasteiger partial charge in [0.1, 0.15) is 0 Å². The van der Waals surface area contributed by atoms with Gasteiger partial charge < -0.3 is 10.4 Å². The number of aliphatic hydroxyl groups excluding tert-OH is 1. The first-order valence-corrected chi connectivity index (χ1v) is 7.47. The average Bonchev–Trinajstić information content (AvgIpc) is 2.24. The van der Waals surface area contributed by atoms with E-state index in [4.69, 9.17) is 0 Å². The Bertz CT molecular complexity index is 175. The van der Waals surface area contributed by atoms with E-state index in [9.17, 15) is 5.11 Å². The molecule has 2 unspecified atom stereocenters. The van der Waals surface area contributed by atoms with Crippen LogP contribution in [0.4, 0.5) is 0 Å². The van der Waals surface area contributed by atoms with Crippen LogP contribution in [0.5, 0.6) is 0 Å². The summed E-state index contributed by atoms with van der Waals surface area (Å²) in [6.07, 6.45) is 2.22. The highest BCUT2D eigenvalue weighted by Gasteiger charge is 2.21. The lowest BCUT2D eigenvalue weighted by atomic mass is 9.97. The van der Waals surface area contributed by atoms with Gasteiger partial charge in [-0.15, -0.1) is 0 Å². The Morgan fingerprint density at radius 2 is 1.94 bits per heavy atom. The number of nitrogens with one attached hydrogen (secondary N) is 1. The summed E-state index contributed by atoms with van der Waals surface area (Å²) in [6.45, 7) is 12.2. The van der Waals surface area contributed by atoms with E-state index in [2.05, 4.69) is 39.9 Å². The second-order valence-corrected chi connectivity index (χ2v) is 6.66.